The summed E-state index contributed by atoms with van der Waals surface area (Å²) >= 11 is 6.06. The molecule has 116 valence electrons. The fourth-order valence-corrected chi connectivity index (χ4v) is 3.05. The number of carbonyl (C=O) groups excluding carboxylic acids is 1. The minimum atomic E-state index is -0.189. The third-order valence-electron chi connectivity index (χ3n) is 3.97. The first kappa shape index (κ1) is 16.1. The Balaban J connectivity index is 1.80. The Labute approximate surface area is 131 Å². The third-order valence-corrected chi connectivity index (χ3v) is 4.27. The predicted octanol–water partition coefficient (Wildman–Crippen LogP) is 3.87. The molecular formula is C16H24ClN3O. The summed E-state index contributed by atoms with van der Waals surface area (Å²) in [5.74, 6) is 1.35. The monoisotopic (exact) mass is 309 g/mol. The van der Waals surface area contributed by atoms with Gasteiger partial charge in [-0.1, -0.05) is 37.3 Å². The van der Waals surface area contributed by atoms with Crippen LogP contribution < -0.4 is 10.6 Å². The summed E-state index contributed by atoms with van der Waals surface area (Å²) < 4.78 is 0. The SMILES string of the molecule is CCNc1ccc(Cl)c(C(=O)NCCCC2CCCC2)n1. The van der Waals surface area contributed by atoms with Gasteiger partial charge in [0.15, 0.2) is 0 Å². The van der Waals surface area contributed by atoms with E-state index >= 15 is 0 Å². The molecule has 1 amide bonds. The number of aromatic nitrogens is 1. The second-order valence-electron chi connectivity index (χ2n) is 5.61. The van der Waals surface area contributed by atoms with E-state index < -0.39 is 0 Å². The maximum Gasteiger partial charge on any atom is 0.271 e. The van der Waals surface area contributed by atoms with E-state index in [0.29, 0.717) is 23.1 Å². The van der Waals surface area contributed by atoms with Gasteiger partial charge in [-0.15, -0.1) is 0 Å². The zero-order valence-electron chi connectivity index (χ0n) is 12.6. The Morgan fingerprint density at radius 2 is 2.14 bits per heavy atom. The first-order valence-electron chi connectivity index (χ1n) is 7.89. The van der Waals surface area contributed by atoms with Crippen molar-refractivity contribution in [3.8, 4) is 0 Å². The second-order valence-corrected chi connectivity index (χ2v) is 6.01. The van der Waals surface area contributed by atoms with E-state index in [-0.39, 0.29) is 5.91 Å². The number of nitrogens with zero attached hydrogens (tertiary/aromatic N) is 1. The van der Waals surface area contributed by atoms with Crippen molar-refractivity contribution in [1.29, 1.82) is 0 Å². The van der Waals surface area contributed by atoms with Crippen LogP contribution in [0.15, 0.2) is 12.1 Å². The van der Waals surface area contributed by atoms with Gasteiger partial charge in [0.2, 0.25) is 0 Å². The molecule has 5 heteroatoms. The molecule has 4 nitrogen and oxygen atoms in total. The number of pyridine rings is 1. The fourth-order valence-electron chi connectivity index (χ4n) is 2.86. The molecule has 2 rings (SSSR count). The average Bonchev–Trinajstić information content (AvgIpc) is 2.99. The van der Waals surface area contributed by atoms with Crippen LogP contribution in [0.5, 0.6) is 0 Å². The summed E-state index contributed by atoms with van der Waals surface area (Å²) in [5, 5.41) is 6.40. The van der Waals surface area contributed by atoms with Crippen LogP contribution in [0.3, 0.4) is 0 Å². The lowest BCUT2D eigenvalue weighted by molar-refractivity contribution is 0.0947. The highest BCUT2D eigenvalue weighted by Crippen LogP contribution is 2.28. The van der Waals surface area contributed by atoms with Crippen molar-refractivity contribution < 1.29 is 4.79 Å². The number of amides is 1. The summed E-state index contributed by atoms with van der Waals surface area (Å²) in [6.45, 7) is 3.44. The van der Waals surface area contributed by atoms with Crippen molar-refractivity contribution in [2.45, 2.75) is 45.4 Å². The highest BCUT2D eigenvalue weighted by atomic mass is 35.5. The number of carbonyl (C=O) groups is 1. The van der Waals surface area contributed by atoms with Crippen LogP contribution in [0.4, 0.5) is 5.82 Å². The third kappa shape index (κ3) is 4.88. The lowest BCUT2D eigenvalue weighted by atomic mass is 10.0. The maximum absolute atomic E-state index is 12.1. The number of anilines is 1. The topological polar surface area (TPSA) is 54.0 Å². The Morgan fingerprint density at radius 1 is 1.38 bits per heavy atom. The normalized spacial score (nSPS) is 15.1. The molecule has 1 aromatic heterocycles. The molecule has 1 saturated carbocycles. The van der Waals surface area contributed by atoms with E-state index in [1.165, 1.54) is 32.1 Å². The quantitative estimate of drug-likeness (QED) is 0.752. The molecule has 2 N–H and O–H groups in total. The van der Waals surface area contributed by atoms with Gasteiger partial charge in [-0.05, 0) is 37.8 Å². The summed E-state index contributed by atoms with van der Waals surface area (Å²) in [7, 11) is 0. The molecule has 21 heavy (non-hydrogen) atoms. The van der Waals surface area contributed by atoms with Crippen LogP contribution in [-0.4, -0.2) is 24.0 Å². The van der Waals surface area contributed by atoms with Gasteiger partial charge in [0.05, 0.1) is 5.02 Å². The molecule has 1 aromatic rings. The molecule has 1 heterocycles. The highest BCUT2D eigenvalue weighted by molar-refractivity contribution is 6.33. The molecule has 0 saturated heterocycles. The van der Waals surface area contributed by atoms with Crippen LogP contribution in [0.1, 0.15) is 55.9 Å². The van der Waals surface area contributed by atoms with Crippen molar-refractivity contribution in [1.82, 2.24) is 10.3 Å². The highest BCUT2D eigenvalue weighted by Gasteiger charge is 2.15. The fraction of sp³-hybridized carbons (Fsp3) is 0.625. The smallest absolute Gasteiger partial charge is 0.271 e. The summed E-state index contributed by atoms with van der Waals surface area (Å²) in [5.41, 5.74) is 0.302. The predicted molar refractivity (Wildman–Crippen MR) is 86.9 cm³/mol. The van der Waals surface area contributed by atoms with Crippen molar-refractivity contribution in [2.24, 2.45) is 5.92 Å². The van der Waals surface area contributed by atoms with Crippen LogP contribution in [0.2, 0.25) is 5.02 Å². The van der Waals surface area contributed by atoms with E-state index in [1.807, 2.05) is 6.92 Å². The molecule has 0 unspecified atom stereocenters. The zero-order valence-corrected chi connectivity index (χ0v) is 13.4. The number of hydrogen-bond donors (Lipinski definition) is 2. The van der Waals surface area contributed by atoms with Gasteiger partial charge >= 0.3 is 0 Å². The van der Waals surface area contributed by atoms with Crippen LogP contribution in [-0.2, 0) is 0 Å². The maximum atomic E-state index is 12.1. The van der Waals surface area contributed by atoms with E-state index in [1.54, 1.807) is 12.1 Å². The Hall–Kier alpha value is -1.29. The summed E-state index contributed by atoms with van der Waals surface area (Å²) in [6.07, 6.45) is 7.68. The minimum Gasteiger partial charge on any atom is -0.370 e. The molecule has 0 aliphatic heterocycles. The van der Waals surface area contributed by atoms with Crippen molar-refractivity contribution in [3.63, 3.8) is 0 Å². The molecule has 0 spiro atoms. The summed E-state index contributed by atoms with van der Waals surface area (Å²) in [4.78, 5) is 16.4. The zero-order chi connectivity index (χ0) is 15.1. The molecule has 1 aliphatic carbocycles. The van der Waals surface area contributed by atoms with E-state index in [4.69, 9.17) is 11.6 Å². The Morgan fingerprint density at radius 3 is 2.86 bits per heavy atom. The van der Waals surface area contributed by atoms with Gasteiger partial charge in [-0.2, -0.15) is 0 Å². The number of nitrogens with one attached hydrogen (secondary N) is 2. The largest absolute Gasteiger partial charge is 0.370 e. The van der Waals surface area contributed by atoms with Gasteiger partial charge in [0.1, 0.15) is 11.5 Å². The first-order chi connectivity index (χ1) is 10.2. The first-order valence-corrected chi connectivity index (χ1v) is 8.27. The van der Waals surface area contributed by atoms with Crippen LogP contribution in [0, 0.1) is 5.92 Å². The molecule has 1 fully saturated rings. The second kappa shape index (κ2) is 8.23. The van der Waals surface area contributed by atoms with Crippen molar-refractivity contribution >= 4 is 23.3 Å². The van der Waals surface area contributed by atoms with Crippen LogP contribution >= 0.6 is 11.6 Å². The molecule has 1 aliphatic rings. The van der Waals surface area contributed by atoms with Gasteiger partial charge in [0.25, 0.3) is 5.91 Å². The van der Waals surface area contributed by atoms with E-state index in [9.17, 15) is 4.79 Å². The molecule has 0 radical (unpaired) electrons. The number of rotatable bonds is 7. The van der Waals surface area contributed by atoms with Crippen molar-refractivity contribution in [2.75, 3.05) is 18.4 Å². The molecular weight excluding hydrogens is 286 g/mol. The number of halogens is 1. The molecule has 0 atom stereocenters. The molecule has 0 aromatic carbocycles. The van der Waals surface area contributed by atoms with E-state index in [0.717, 1.165) is 18.9 Å². The standard InChI is InChI=1S/C16H24ClN3O/c1-2-18-14-10-9-13(17)15(20-14)16(21)19-11-5-8-12-6-3-4-7-12/h9-10,12H,2-8,11H2,1H3,(H,18,20)(H,19,21). The minimum absolute atomic E-state index is 0.189. The average molecular weight is 310 g/mol. The van der Waals surface area contributed by atoms with Gasteiger partial charge in [-0.25, -0.2) is 4.98 Å². The Kier molecular flexibility index (Phi) is 6.30. The lowest BCUT2D eigenvalue weighted by Crippen LogP contribution is -2.26. The van der Waals surface area contributed by atoms with Gasteiger partial charge in [0, 0.05) is 13.1 Å². The summed E-state index contributed by atoms with van der Waals surface area (Å²) in [6, 6.07) is 3.49. The Bertz CT molecular complexity index is 473. The van der Waals surface area contributed by atoms with Crippen molar-refractivity contribution in [3.05, 3.63) is 22.8 Å². The van der Waals surface area contributed by atoms with Gasteiger partial charge in [-0.3, -0.25) is 4.79 Å². The van der Waals surface area contributed by atoms with Crippen LogP contribution in [0.25, 0.3) is 0 Å². The van der Waals surface area contributed by atoms with E-state index in [2.05, 4.69) is 15.6 Å². The lowest BCUT2D eigenvalue weighted by Gasteiger charge is -2.10. The van der Waals surface area contributed by atoms with Gasteiger partial charge < -0.3 is 10.6 Å². The molecule has 0 bridgehead atoms. The number of hydrogen-bond acceptors (Lipinski definition) is 3.